The van der Waals surface area contributed by atoms with Crippen molar-refractivity contribution in [2.45, 2.75) is 19.4 Å². The molecule has 0 amide bonds. The molecule has 0 saturated carbocycles. The van der Waals surface area contributed by atoms with Crippen LogP contribution in [0.1, 0.15) is 19.0 Å². The number of nitriles is 2. The van der Waals surface area contributed by atoms with E-state index in [1.54, 1.807) is 0 Å². The van der Waals surface area contributed by atoms with E-state index in [4.69, 9.17) is 10.5 Å². The van der Waals surface area contributed by atoms with Crippen LogP contribution in [0.25, 0.3) is 0 Å². The van der Waals surface area contributed by atoms with E-state index in [2.05, 4.69) is 15.3 Å². The zero-order valence-corrected chi connectivity index (χ0v) is 7.73. The maximum Gasteiger partial charge on any atom is 0.182 e. The van der Waals surface area contributed by atoms with Crippen LogP contribution in [0.4, 0.5) is 5.82 Å². The first-order valence-corrected chi connectivity index (χ1v) is 4.12. The minimum absolute atomic E-state index is 0.0381. The van der Waals surface area contributed by atoms with Crippen LogP contribution in [0.5, 0.6) is 0 Å². The first kappa shape index (κ1) is 9.94. The smallest absolute Gasteiger partial charge is 0.182 e. The van der Waals surface area contributed by atoms with E-state index in [1.165, 1.54) is 12.4 Å². The molecule has 1 atom stereocenters. The van der Waals surface area contributed by atoms with Gasteiger partial charge in [-0.1, -0.05) is 0 Å². The Labute approximate surface area is 82.0 Å². The molecule has 0 spiro atoms. The van der Waals surface area contributed by atoms with E-state index in [1.807, 2.05) is 19.1 Å². The number of rotatable bonds is 3. The minimum Gasteiger partial charge on any atom is -0.364 e. The summed E-state index contributed by atoms with van der Waals surface area (Å²) < 4.78 is 0. The van der Waals surface area contributed by atoms with Crippen LogP contribution in [0.3, 0.4) is 0 Å². The van der Waals surface area contributed by atoms with Crippen molar-refractivity contribution in [3.8, 4) is 12.1 Å². The lowest BCUT2D eigenvalue weighted by atomic mass is 10.2. The number of aromatic nitrogens is 2. The van der Waals surface area contributed by atoms with Crippen LogP contribution in [0.15, 0.2) is 12.4 Å². The average Bonchev–Trinajstić information content (AvgIpc) is 2.19. The van der Waals surface area contributed by atoms with Crippen LogP contribution in [0, 0.1) is 22.7 Å². The first-order valence-electron chi connectivity index (χ1n) is 4.12. The molecule has 0 bridgehead atoms. The number of nitrogens with one attached hydrogen (secondary N) is 1. The van der Waals surface area contributed by atoms with Crippen LogP contribution in [0.2, 0.25) is 0 Å². The maximum absolute atomic E-state index is 8.70. The predicted molar refractivity (Wildman–Crippen MR) is 50.1 cm³/mol. The molecule has 1 aromatic rings. The third-order valence-electron chi connectivity index (χ3n) is 1.58. The highest BCUT2D eigenvalue weighted by atomic mass is 15.0. The average molecular weight is 187 g/mol. The Morgan fingerprint density at radius 2 is 2.14 bits per heavy atom. The monoisotopic (exact) mass is 187 g/mol. The molecule has 14 heavy (non-hydrogen) atoms. The van der Waals surface area contributed by atoms with E-state index >= 15 is 0 Å². The lowest BCUT2D eigenvalue weighted by Crippen LogP contribution is -2.16. The van der Waals surface area contributed by atoms with Gasteiger partial charge in [0.2, 0.25) is 0 Å². The van der Waals surface area contributed by atoms with Gasteiger partial charge in [0.05, 0.1) is 12.5 Å². The molecule has 0 saturated heterocycles. The maximum atomic E-state index is 8.70. The van der Waals surface area contributed by atoms with Crippen molar-refractivity contribution in [3.05, 3.63) is 18.1 Å². The SMILES string of the molecule is CC(CC#N)Nc1nccnc1C#N. The summed E-state index contributed by atoms with van der Waals surface area (Å²) >= 11 is 0. The van der Waals surface area contributed by atoms with Crippen molar-refractivity contribution < 1.29 is 0 Å². The van der Waals surface area contributed by atoms with E-state index < -0.39 is 0 Å². The first-order chi connectivity index (χ1) is 6.77. The third-order valence-corrected chi connectivity index (χ3v) is 1.58. The lowest BCUT2D eigenvalue weighted by molar-refractivity contribution is 0.811. The molecule has 0 radical (unpaired) electrons. The topological polar surface area (TPSA) is 85.4 Å². The largest absolute Gasteiger partial charge is 0.364 e. The van der Waals surface area contributed by atoms with E-state index in [0.717, 1.165) is 0 Å². The molecule has 1 heterocycles. The van der Waals surface area contributed by atoms with Gasteiger partial charge in [-0.2, -0.15) is 10.5 Å². The number of hydrogen-bond acceptors (Lipinski definition) is 5. The summed E-state index contributed by atoms with van der Waals surface area (Å²) in [5, 5.41) is 20.1. The zero-order valence-electron chi connectivity index (χ0n) is 7.73. The Balaban J connectivity index is 2.77. The van der Waals surface area contributed by atoms with E-state index in [-0.39, 0.29) is 11.7 Å². The zero-order chi connectivity index (χ0) is 10.4. The van der Waals surface area contributed by atoms with Crippen molar-refractivity contribution in [1.29, 1.82) is 10.5 Å². The van der Waals surface area contributed by atoms with Gasteiger partial charge >= 0.3 is 0 Å². The second-order valence-corrected chi connectivity index (χ2v) is 2.77. The molecule has 1 N–H and O–H groups in total. The summed E-state index contributed by atoms with van der Waals surface area (Å²) in [6.07, 6.45) is 3.32. The van der Waals surface area contributed by atoms with E-state index in [0.29, 0.717) is 12.2 Å². The summed E-state index contributed by atoms with van der Waals surface area (Å²) in [6.45, 7) is 1.85. The molecular weight excluding hydrogens is 178 g/mol. The molecule has 1 aromatic heterocycles. The highest BCUT2D eigenvalue weighted by Gasteiger charge is 2.07. The molecule has 0 aliphatic rings. The van der Waals surface area contributed by atoms with Gasteiger partial charge in [-0.3, -0.25) is 0 Å². The fourth-order valence-corrected chi connectivity index (χ4v) is 0.947. The standard InChI is InChI=1S/C9H9N5/c1-7(2-3-10)14-9-8(6-11)12-4-5-13-9/h4-5,7H,2H2,1H3,(H,13,14). The predicted octanol–water partition coefficient (Wildman–Crippen LogP) is 1.06. The summed E-state index contributed by atoms with van der Waals surface area (Å²) in [7, 11) is 0. The fraction of sp³-hybridized carbons (Fsp3) is 0.333. The molecule has 0 aromatic carbocycles. The Morgan fingerprint density at radius 3 is 2.79 bits per heavy atom. The summed E-state index contributed by atoms with van der Waals surface area (Å²) in [5.41, 5.74) is 0.247. The van der Waals surface area contributed by atoms with Crippen LogP contribution >= 0.6 is 0 Å². The lowest BCUT2D eigenvalue weighted by Gasteiger charge is -2.10. The molecule has 1 unspecified atom stereocenters. The van der Waals surface area contributed by atoms with Crippen molar-refractivity contribution in [1.82, 2.24) is 9.97 Å². The van der Waals surface area contributed by atoms with Crippen LogP contribution < -0.4 is 5.32 Å². The van der Waals surface area contributed by atoms with E-state index in [9.17, 15) is 0 Å². The van der Waals surface area contributed by atoms with Crippen molar-refractivity contribution >= 4 is 5.82 Å². The Bertz CT molecular complexity index is 387. The highest BCUT2D eigenvalue weighted by molar-refractivity contribution is 5.47. The molecule has 0 aliphatic carbocycles. The number of nitrogens with zero attached hydrogens (tertiary/aromatic N) is 4. The van der Waals surface area contributed by atoms with Gasteiger partial charge in [0.25, 0.3) is 0 Å². The Kier molecular flexibility index (Phi) is 3.40. The molecule has 0 aliphatic heterocycles. The Morgan fingerprint density at radius 1 is 1.43 bits per heavy atom. The molecular formula is C9H9N5. The minimum atomic E-state index is -0.0381. The number of hydrogen-bond donors (Lipinski definition) is 1. The fourth-order valence-electron chi connectivity index (χ4n) is 0.947. The molecule has 5 nitrogen and oxygen atoms in total. The third kappa shape index (κ3) is 2.43. The van der Waals surface area contributed by atoms with Crippen LogP contribution in [-0.2, 0) is 0 Å². The number of anilines is 1. The second kappa shape index (κ2) is 4.78. The summed E-state index contributed by atoms with van der Waals surface area (Å²) in [5.74, 6) is 0.428. The molecule has 5 heteroatoms. The van der Waals surface area contributed by atoms with Crippen molar-refractivity contribution in [2.24, 2.45) is 0 Å². The molecule has 1 rings (SSSR count). The van der Waals surface area contributed by atoms with Gasteiger partial charge in [-0.25, -0.2) is 9.97 Å². The molecule has 70 valence electrons. The Hall–Kier alpha value is -2.14. The van der Waals surface area contributed by atoms with Crippen molar-refractivity contribution in [3.63, 3.8) is 0 Å². The summed E-state index contributed by atoms with van der Waals surface area (Å²) in [6, 6.07) is 3.92. The van der Waals surface area contributed by atoms with Gasteiger partial charge < -0.3 is 5.32 Å². The quantitative estimate of drug-likeness (QED) is 0.764. The molecule has 0 fully saturated rings. The van der Waals surface area contributed by atoms with Gasteiger partial charge in [0, 0.05) is 18.4 Å². The second-order valence-electron chi connectivity index (χ2n) is 2.77. The van der Waals surface area contributed by atoms with Gasteiger partial charge in [-0.15, -0.1) is 0 Å². The summed E-state index contributed by atoms with van der Waals surface area (Å²) in [4.78, 5) is 7.81. The van der Waals surface area contributed by atoms with Gasteiger partial charge in [0.15, 0.2) is 11.5 Å². The van der Waals surface area contributed by atoms with Crippen LogP contribution in [-0.4, -0.2) is 16.0 Å². The van der Waals surface area contributed by atoms with Crippen molar-refractivity contribution in [2.75, 3.05) is 5.32 Å². The normalized spacial score (nSPS) is 11.1. The highest BCUT2D eigenvalue weighted by Crippen LogP contribution is 2.08. The van der Waals surface area contributed by atoms with Gasteiger partial charge in [0.1, 0.15) is 6.07 Å². The van der Waals surface area contributed by atoms with Gasteiger partial charge in [-0.05, 0) is 6.92 Å².